The van der Waals surface area contributed by atoms with Crippen molar-refractivity contribution in [3.8, 4) is 11.1 Å². The van der Waals surface area contributed by atoms with E-state index in [1.807, 2.05) is 54.8 Å². The van der Waals surface area contributed by atoms with Gasteiger partial charge in [0.15, 0.2) is 0 Å². The van der Waals surface area contributed by atoms with E-state index in [2.05, 4.69) is 18.2 Å². The van der Waals surface area contributed by atoms with Crippen LogP contribution in [0.3, 0.4) is 0 Å². The molecule has 40 heavy (non-hydrogen) atoms. The number of thiophene rings is 1. The highest BCUT2D eigenvalue weighted by molar-refractivity contribution is 7.10. The third-order valence-electron chi connectivity index (χ3n) is 7.76. The zero-order valence-electron chi connectivity index (χ0n) is 22.9. The molecule has 2 amide bonds. The molecular formula is C34H35FN2O2S. The maximum atomic E-state index is 13.9. The number of carbonyl (C=O) groups excluding carboxylic acids is 2. The highest BCUT2D eigenvalue weighted by Crippen LogP contribution is 2.26. The minimum absolute atomic E-state index is 0.0234. The van der Waals surface area contributed by atoms with Crippen molar-refractivity contribution in [3.63, 3.8) is 0 Å². The molecule has 0 bridgehead atoms. The molecule has 5 rings (SSSR count). The third kappa shape index (κ3) is 6.86. The van der Waals surface area contributed by atoms with Crippen molar-refractivity contribution in [2.24, 2.45) is 0 Å². The van der Waals surface area contributed by atoms with Crippen LogP contribution in [0.2, 0.25) is 0 Å². The fourth-order valence-electron chi connectivity index (χ4n) is 5.39. The summed E-state index contributed by atoms with van der Waals surface area (Å²) in [7, 11) is 0. The van der Waals surface area contributed by atoms with Crippen LogP contribution in [0.15, 0.2) is 90.3 Å². The predicted octanol–water partition coefficient (Wildman–Crippen LogP) is 7.87. The van der Waals surface area contributed by atoms with Gasteiger partial charge < -0.3 is 9.80 Å². The van der Waals surface area contributed by atoms with Gasteiger partial charge in [0.25, 0.3) is 5.91 Å². The van der Waals surface area contributed by atoms with Gasteiger partial charge in [-0.05, 0) is 77.7 Å². The average molecular weight is 555 g/mol. The highest BCUT2D eigenvalue weighted by Gasteiger charge is 2.30. The van der Waals surface area contributed by atoms with Gasteiger partial charge in [0.2, 0.25) is 5.91 Å². The first-order chi connectivity index (χ1) is 19.5. The van der Waals surface area contributed by atoms with Crippen molar-refractivity contribution < 1.29 is 14.0 Å². The molecule has 0 radical (unpaired) electrons. The normalized spacial score (nSPS) is 13.7. The Hall–Kier alpha value is -3.77. The minimum atomic E-state index is -0.303. The van der Waals surface area contributed by atoms with E-state index < -0.39 is 0 Å². The number of hydrogen-bond donors (Lipinski definition) is 0. The lowest BCUT2D eigenvalue weighted by Crippen LogP contribution is -2.48. The number of amides is 2. The zero-order chi connectivity index (χ0) is 27.9. The molecule has 1 heterocycles. The summed E-state index contributed by atoms with van der Waals surface area (Å²) in [4.78, 5) is 32.6. The second-order valence-corrected chi connectivity index (χ2v) is 11.6. The second kappa shape index (κ2) is 13.1. The van der Waals surface area contributed by atoms with Crippen LogP contribution in [-0.2, 0) is 17.9 Å². The molecule has 6 heteroatoms. The molecule has 0 spiro atoms. The number of aryl methyl sites for hydroxylation is 1. The Labute approximate surface area is 240 Å². The lowest BCUT2D eigenvalue weighted by atomic mass is 9.93. The lowest BCUT2D eigenvalue weighted by Gasteiger charge is -2.35. The third-order valence-corrected chi connectivity index (χ3v) is 8.77. The summed E-state index contributed by atoms with van der Waals surface area (Å²) in [5.41, 5.74) is 4.74. The molecular weight excluding hydrogens is 519 g/mol. The van der Waals surface area contributed by atoms with Gasteiger partial charge in [0.05, 0.1) is 6.54 Å². The maximum Gasteiger partial charge on any atom is 0.254 e. The first-order valence-electron chi connectivity index (χ1n) is 14.0. The van der Waals surface area contributed by atoms with E-state index in [9.17, 15) is 14.0 Å². The van der Waals surface area contributed by atoms with Gasteiger partial charge in [0.1, 0.15) is 12.4 Å². The van der Waals surface area contributed by atoms with Crippen LogP contribution < -0.4 is 0 Å². The van der Waals surface area contributed by atoms with Crippen LogP contribution in [0.1, 0.15) is 58.5 Å². The van der Waals surface area contributed by atoms with Gasteiger partial charge in [-0.1, -0.05) is 73.9 Å². The molecule has 0 atom stereocenters. The number of nitrogens with zero attached hydrogens (tertiary/aromatic N) is 2. The van der Waals surface area contributed by atoms with Crippen LogP contribution in [-0.4, -0.2) is 34.2 Å². The molecule has 1 saturated carbocycles. The van der Waals surface area contributed by atoms with Gasteiger partial charge in [0, 0.05) is 23.0 Å². The van der Waals surface area contributed by atoms with Crippen molar-refractivity contribution >= 4 is 23.2 Å². The highest BCUT2D eigenvalue weighted by atomic mass is 32.1. The summed E-state index contributed by atoms with van der Waals surface area (Å²) in [6, 6.07) is 26.2. The summed E-state index contributed by atoms with van der Waals surface area (Å²) < 4.78 is 13.6. The van der Waals surface area contributed by atoms with Gasteiger partial charge in [-0.2, -0.15) is 0 Å². The largest absolute Gasteiger partial charge is 0.332 e. The number of rotatable bonds is 9. The van der Waals surface area contributed by atoms with E-state index in [4.69, 9.17) is 0 Å². The Morgan fingerprint density at radius 2 is 1.50 bits per heavy atom. The van der Waals surface area contributed by atoms with Crippen LogP contribution in [0.4, 0.5) is 4.39 Å². The molecule has 0 saturated heterocycles. The Bertz CT molecular complexity index is 1410. The van der Waals surface area contributed by atoms with Gasteiger partial charge >= 0.3 is 0 Å². The fraction of sp³-hybridized carbons (Fsp3) is 0.294. The molecule has 1 aromatic heterocycles. The van der Waals surface area contributed by atoms with Crippen LogP contribution in [0, 0.1) is 12.7 Å². The Kier molecular flexibility index (Phi) is 9.07. The van der Waals surface area contributed by atoms with Crippen LogP contribution in [0.5, 0.6) is 0 Å². The van der Waals surface area contributed by atoms with Crippen molar-refractivity contribution in [3.05, 3.63) is 118 Å². The van der Waals surface area contributed by atoms with Gasteiger partial charge in [-0.25, -0.2) is 4.39 Å². The topological polar surface area (TPSA) is 40.6 Å². The standard InChI is InChI=1S/C34H35FN2O2S/c1-25-20-21-40-32(25)23-36(22-26-12-18-30(35)19-13-26)33(38)24-37(31-10-6-3-7-11-31)34(39)29-16-14-28(15-17-29)27-8-4-2-5-9-27/h2,4-5,8-9,12-21,31H,3,6-7,10-11,22-24H2,1H3. The SMILES string of the molecule is Cc1ccsc1CN(Cc1ccc(F)cc1)C(=O)CN(C(=O)c1ccc(-c2ccccc2)cc1)C1CCCCC1. The van der Waals surface area contributed by atoms with Crippen molar-refractivity contribution in [2.75, 3.05) is 6.54 Å². The van der Waals surface area contributed by atoms with E-state index in [0.717, 1.165) is 59.2 Å². The summed E-state index contributed by atoms with van der Waals surface area (Å²) in [6.45, 7) is 2.88. The minimum Gasteiger partial charge on any atom is -0.332 e. The summed E-state index contributed by atoms with van der Waals surface area (Å²) in [5, 5.41) is 2.03. The van der Waals surface area contributed by atoms with Gasteiger partial charge in [-0.15, -0.1) is 11.3 Å². The molecule has 0 N–H and O–H groups in total. The van der Waals surface area contributed by atoms with Gasteiger partial charge in [-0.3, -0.25) is 9.59 Å². The summed E-state index contributed by atoms with van der Waals surface area (Å²) in [6.07, 6.45) is 5.09. The molecule has 4 nitrogen and oxygen atoms in total. The predicted molar refractivity (Wildman–Crippen MR) is 159 cm³/mol. The van der Waals surface area contributed by atoms with Crippen molar-refractivity contribution in [2.45, 2.75) is 58.2 Å². The van der Waals surface area contributed by atoms with E-state index in [-0.39, 0.29) is 30.2 Å². The van der Waals surface area contributed by atoms with E-state index in [1.165, 1.54) is 12.1 Å². The molecule has 3 aromatic carbocycles. The number of hydrogen-bond acceptors (Lipinski definition) is 3. The molecule has 1 aliphatic carbocycles. The second-order valence-electron chi connectivity index (χ2n) is 10.6. The molecule has 0 aliphatic heterocycles. The number of benzene rings is 3. The van der Waals surface area contributed by atoms with E-state index in [0.29, 0.717) is 18.7 Å². The molecule has 1 aliphatic rings. The summed E-state index contributed by atoms with van der Waals surface area (Å²) in [5.74, 6) is -0.506. The Morgan fingerprint density at radius 3 is 2.15 bits per heavy atom. The average Bonchev–Trinajstić information content (AvgIpc) is 3.41. The lowest BCUT2D eigenvalue weighted by molar-refractivity contribution is -0.133. The number of carbonyl (C=O) groups is 2. The monoisotopic (exact) mass is 554 g/mol. The molecule has 4 aromatic rings. The van der Waals surface area contributed by atoms with Crippen molar-refractivity contribution in [1.82, 2.24) is 9.80 Å². The van der Waals surface area contributed by atoms with Crippen LogP contribution in [0.25, 0.3) is 11.1 Å². The Morgan fingerprint density at radius 1 is 0.825 bits per heavy atom. The Balaban J connectivity index is 1.39. The zero-order valence-corrected chi connectivity index (χ0v) is 23.7. The maximum absolute atomic E-state index is 13.9. The molecule has 0 unspecified atom stereocenters. The quantitative estimate of drug-likeness (QED) is 0.211. The number of halogens is 1. The van der Waals surface area contributed by atoms with Crippen molar-refractivity contribution in [1.29, 1.82) is 0 Å². The van der Waals surface area contributed by atoms with E-state index in [1.54, 1.807) is 33.3 Å². The smallest absolute Gasteiger partial charge is 0.254 e. The van der Waals surface area contributed by atoms with Crippen LogP contribution >= 0.6 is 11.3 Å². The summed E-state index contributed by atoms with van der Waals surface area (Å²) >= 11 is 1.62. The first kappa shape index (κ1) is 27.8. The molecule has 1 fully saturated rings. The molecule has 206 valence electrons. The fourth-order valence-corrected chi connectivity index (χ4v) is 6.31. The van der Waals surface area contributed by atoms with E-state index >= 15 is 0 Å². The first-order valence-corrected chi connectivity index (χ1v) is 14.9.